The molecule has 1 saturated heterocycles. The first kappa shape index (κ1) is 17.5. The summed E-state index contributed by atoms with van der Waals surface area (Å²) in [7, 11) is 0. The standard InChI is InChI=1S/C11H19F3N2O.ClH/c1-10(4-2-6-15-7-10)8-16-9(17)3-5-11(12,13)14;/h15H,2-8H2,1H3,(H,16,17);1H. The van der Waals surface area contributed by atoms with E-state index in [0.717, 1.165) is 25.9 Å². The van der Waals surface area contributed by atoms with E-state index in [-0.39, 0.29) is 17.8 Å². The van der Waals surface area contributed by atoms with Gasteiger partial charge in [0.2, 0.25) is 5.91 Å². The van der Waals surface area contributed by atoms with Gasteiger partial charge >= 0.3 is 6.18 Å². The van der Waals surface area contributed by atoms with E-state index in [1.807, 2.05) is 6.92 Å². The number of carbonyl (C=O) groups excluding carboxylic acids is 1. The van der Waals surface area contributed by atoms with E-state index in [9.17, 15) is 18.0 Å². The molecule has 1 unspecified atom stereocenters. The number of hydrogen-bond donors (Lipinski definition) is 2. The third-order valence-corrected chi connectivity index (χ3v) is 3.03. The van der Waals surface area contributed by atoms with Crippen molar-refractivity contribution in [2.24, 2.45) is 5.41 Å². The summed E-state index contributed by atoms with van der Waals surface area (Å²) in [5, 5.41) is 5.81. The molecule has 2 N–H and O–H groups in total. The summed E-state index contributed by atoms with van der Waals surface area (Å²) in [6, 6.07) is 0. The van der Waals surface area contributed by atoms with Gasteiger partial charge in [-0.15, -0.1) is 12.4 Å². The first-order chi connectivity index (χ1) is 7.81. The lowest BCUT2D eigenvalue weighted by Crippen LogP contribution is -2.45. The number of rotatable bonds is 4. The third-order valence-electron chi connectivity index (χ3n) is 3.03. The van der Waals surface area contributed by atoms with E-state index in [0.29, 0.717) is 6.54 Å². The van der Waals surface area contributed by atoms with Gasteiger partial charge in [0.15, 0.2) is 0 Å². The fraction of sp³-hybridized carbons (Fsp3) is 0.909. The molecule has 1 atom stereocenters. The first-order valence-corrected chi connectivity index (χ1v) is 5.85. The van der Waals surface area contributed by atoms with Gasteiger partial charge < -0.3 is 10.6 Å². The van der Waals surface area contributed by atoms with Crippen molar-refractivity contribution in [3.8, 4) is 0 Å². The lowest BCUT2D eigenvalue weighted by molar-refractivity contribution is -0.144. The summed E-state index contributed by atoms with van der Waals surface area (Å²) in [4.78, 5) is 11.2. The van der Waals surface area contributed by atoms with Crippen molar-refractivity contribution in [3.63, 3.8) is 0 Å². The molecule has 0 radical (unpaired) electrons. The molecule has 1 aliphatic heterocycles. The van der Waals surface area contributed by atoms with E-state index < -0.39 is 24.9 Å². The minimum atomic E-state index is -4.26. The zero-order valence-electron chi connectivity index (χ0n) is 10.4. The quantitative estimate of drug-likeness (QED) is 0.833. The van der Waals surface area contributed by atoms with Crippen LogP contribution in [-0.2, 0) is 4.79 Å². The predicted octanol–water partition coefficient (Wildman–Crippen LogP) is 2.26. The topological polar surface area (TPSA) is 41.1 Å². The highest BCUT2D eigenvalue weighted by Crippen LogP contribution is 2.24. The van der Waals surface area contributed by atoms with E-state index >= 15 is 0 Å². The summed E-state index contributed by atoms with van der Waals surface area (Å²) in [6.45, 7) is 4.24. The molecule has 1 heterocycles. The molecule has 1 amide bonds. The molecule has 0 aromatic rings. The van der Waals surface area contributed by atoms with Crippen molar-refractivity contribution in [1.29, 1.82) is 0 Å². The lowest BCUT2D eigenvalue weighted by atomic mass is 9.83. The Hall–Kier alpha value is -0.490. The van der Waals surface area contributed by atoms with Crippen molar-refractivity contribution >= 4 is 18.3 Å². The second-order valence-electron chi connectivity index (χ2n) is 4.98. The number of piperidine rings is 1. The molecule has 0 spiro atoms. The third kappa shape index (κ3) is 7.06. The Bertz CT molecular complexity index is 266. The Labute approximate surface area is 111 Å². The van der Waals surface area contributed by atoms with Crippen LogP contribution in [0.15, 0.2) is 0 Å². The second-order valence-corrected chi connectivity index (χ2v) is 4.98. The molecule has 1 rings (SSSR count). The van der Waals surface area contributed by atoms with Crippen molar-refractivity contribution in [1.82, 2.24) is 10.6 Å². The molecular weight excluding hydrogens is 269 g/mol. The molecule has 3 nitrogen and oxygen atoms in total. The van der Waals surface area contributed by atoms with E-state index in [2.05, 4.69) is 10.6 Å². The number of carbonyl (C=O) groups is 1. The van der Waals surface area contributed by atoms with E-state index in [4.69, 9.17) is 0 Å². The first-order valence-electron chi connectivity index (χ1n) is 5.85. The molecular formula is C11H20ClF3N2O. The van der Waals surface area contributed by atoms with Crippen LogP contribution in [0.2, 0.25) is 0 Å². The predicted molar refractivity (Wildman–Crippen MR) is 65.8 cm³/mol. The van der Waals surface area contributed by atoms with Crippen LogP contribution in [-0.4, -0.2) is 31.7 Å². The maximum absolute atomic E-state index is 11.9. The van der Waals surface area contributed by atoms with Crippen LogP contribution in [0.3, 0.4) is 0 Å². The summed E-state index contributed by atoms with van der Waals surface area (Å²) < 4.78 is 35.7. The summed E-state index contributed by atoms with van der Waals surface area (Å²) >= 11 is 0. The number of nitrogens with one attached hydrogen (secondary N) is 2. The number of alkyl halides is 3. The zero-order chi connectivity index (χ0) is 12.9. The number of halogens is 4. The maximum atomic E-state index is 11.9. The average Bonchev–Trinajstić information content (AvgIpc) is 2.24. The number of amides is 1. The molecule has 1 fully saturated rings. The number of hydrogen-bond acceptors (Lipinski definition) is 2. The van der Waals surface area contributed by atoms with Gasteiger partial charge in [-0.1, -0.05) is 6.92 Å². The molecule has 0 aromatic heterocycles. The smallest absolute Gasteiger partial charge is 0.356 e. The molecule has 0 aromatic carbocycles. The Morgan fingerprint density at radius 2 is 2.11 bits per heavy atom. The second kappa shape index (κ2) is 7.19. The molecule has 0 bridgehead atoms. The zero-order valence-corrected chi connectivity index (χ0v) is 11.2. The van der Waals surface area contributed by atoms with Crippen molar-refractivity contribution in [2.45, 2.75) is 38.8 Å². The van der Waals surface area contributed by atoms with Gasteiger partial charge in [-0.25, -0.2) is 0 Å². The fourth-order valence-electron chi connectivity index (χ4n) is 1.93. The average molecular weight is 289 g/mol. The van der Waals surface area contributed by atoms with Crippen LogP contribution >= 0.6 is 12.4 Å². The fourth-order valence-corrected chi connectivity index (χ4v) is 1.93. The van der Waals surface area contributed by atoms with Crippen LogP contribution in [0, 0.1) is 5.41 Å². The highest BCUT2D eigenvalue weighted by molar-refractivity contribution is 5.85. The van der Waals surface area contributed by atoms with Crippen LogP contribution < -0.4 is 10.6 Å². The van der Waals surface area contributed by atoms with Gasteiger partial charge in [0, 0.05) is 19.5 Å². The minimum absolute atomic E-state index is 0. The molecule has 1 aliphatic rings. The van der Waals surface area contributed by atoms with Gasteiger partial charge in [-0.2, -0.15) is 13.2 Å². The van der Waals surface area contributed by atoms with Gasteiger partial charge in [0.05, 0.1) is 6.42 Å². The van der Waals surface area contributed by atoms with Crippen molar-refractivity contribution in [2.75, 3.05) is 19.6 Å². The van der Waals surface area contributed by atoms with E-state index in [1.54, 1.807) is 0 Å². The minimum Gasteiger partial charge on any atom is -0.356 e. The van der Waals surface area contributed by atoms with Gasteiger partial charge in [-0.3, -0.25) is 4.79 Å². The Balaban J connectivity index is 0.00000289. The van der Waals surface area contributed by atoms with Crippen molar-refractivity contribution in [3.05, 3.63) is 0 Å². The van der Waals surface area contributed by atoms with Gasteiger partial charge in [0.1, 0.15) is 0 Å². The maximum Gasteiger partial charge on any atom is 0.389 e. The van der Waals surface area contributed by atoms with E-state index in [1.165, 1.54) is 0 Å². The van der Waals surface area contributed by atoms with Gasteiger partial charge in [-0.05, 0) is 24.8 Å². The summed E-state index contributed by atoms with van der Waals surface area (Å²) in [6.07, 6.45) is -3.76. The van der Waals surface area contributed by atoms with Crippen molar-refractivity contribution < 1.29 is 18.0 Å². The largest absolute Gasteiger partial charge is 0.389 e. The Morgan fingerprint density at radius 1 is 1.44 bits per heavy atom. The van der Waals surface area contributed by atoms with Crippen LogP contribution in [0.1, 0.15) is 32.6 Å². The van der Waals surface area contributed by atoms with Crippen LogP contribution in [0.25, 0.3) is 0 Å². The lowest BCUT2D eigenvalue weighted by Gasteiger charge is -2.34. The molecule has 0 saturated carbocycles. The highest BCUT2D eigenvalue weighted by atomic mass is 35.5. The normalized spacial score (nSPS) is 24.2. The summed E-state index contributed by atoms with van der Waals surface area (Å²) in [5.74, 6) is -0.519. The Kier molecular flexibility index (Phi) is 6.99. The molecule has 108 valence electrons. The van der Waals surface area contributed by atoms with Gasteiger partial charge in [0.25, 0.3) is 0 Å². The highest BCUT2D eigenvalue weighted by Gasteiger charge is 2.29. The Morgan fingerprint density at radius 3 is 2.61 bits per heavy atom. The molecule has 7 heteroatoms. The summed E-state index contributed by atoms with van der Waals surface area (Å²) in [5.41, 5.74) is -0.0356. The SMILES string of the molecule is CC1(CNC(=O)CCC(F)(F)F)CCCNC1.Cl. The van der Waals surface area contributed by atoms with Crippen LogP contribution in [0.4, 0.5) is 13.2 Å². The molecule has 18 heavy (non-hydrogen) atoms. The van der Waals surface area contributed by atoms with Crippen LogP contribution in [0.5, 0.6) is 0 Å². The monoisotopic (exact) mass is 288 g/mol. The molecule has 0 aliphatic carbocycles.